The van der Waals surface area contributed by atoms with Crippen molar-refractivity contribution in [2.75, 3.05) is 25.6 Å². The molecule has 7 nitrogen and oxygen atoms in total. The monoisotopic (exact) mass is 585 g/mol. The van der Waals surface area contributed by atoms with Gasteiger partial charge in [-0.05, 0) is 55.0 Å². The Morgan fingerprint density at radius 1 is 1.02 bits per heavy atom. The van der Waals surface area contributed by atoms with Crippen LogP contribution in [0.5, 0.6) is 0 Å². The van der Waals surface area contributed by atoms with E-state index < -0.39 is 46.7 Å². The molecule has 40 heavy (non-hydrogen) atoms. The number of aromatic nitrogens is 1. The van der Waals surface area contributed by atoms with E-state index in [9.17, 15) is 36.3 Å². The molecule has 0 aliphatic heterocycles. The Labute approximate surface area is 231 Å². The third-order valence-electron chi connectivity index (χ3n) is 5.91. The number of nitrogens with one attached hydrogen (secondary N) is 2. The fourth-order valence-corrected chi connectivity index (χ4v) is 4.42. The Bertz CT molecular complexity index is 1440. The first-order valence-corrected chi connectivity index (χ1v) is 12.2. The third-order valence-corrected chi connectivity index (χ3v) is 6.26. The molecular weight excluding hydrogens is 561 g/mol. The summed E-state index contributed by atoms with van der Waals surface area (Å²) in [7, 11) is 1.43. The zero-order chi connectivity index (χ0) is 29.8. The highest BCUT2D eigenvalue weighted by Crippen LogP contribution is 2.37. The maximum absolute atomic E-state index is 14.2. The molecule has 0 saturated carbocycles. The summed E-state index contributed by atoms with van der Waals surface area (Å²) in [5.41, 5.74) is -1.78. The Hall–Kier alpha value is -3.77. The number of carbonyl (C=O) groups excluding carboxylic acids is 3. The summed E-state index contributed by atoms with van der Waals surface area (Å²) in [6, 6.07) is 6.17. The maximum Gasteiger partial charge on any atom is 0.416 e. The van der Waals surface area contributed by atoms with Gasteiger partial charge in [-0.3, -0.25) is 14.4 Å². The molecule has 0 spiro atoms. The van der Waals surface area contributed by atoms with E-state index in [4.69, 9.17) is 16.3 Å². The summed E-state index contributed by atoms with van der Waals surface area (Å²) in [6.07, 6.45) is -4.91. The summed E-state index contributed by atoms with van der Waals surface area (Å²) in [6.45, 7) is 2.78. The van der Waals surface area contributed by atoms with Crippen LogP contribution in [0.2, 0.25) is 5.02 Å². The lowest BCUT2D eigenvalue weighted by molar-refractivity contribution is -0.137. The number of hydrogen-bond acceptors (Lipinski definition) is 4. The predicted octanol–water partition coefficient (Wildman–Crippen LogP) is 5.81. The maximum atomic E-state index is 14.2. The van der Waals surface area contributed by atoms with Gasteiger partial charge in [-0.2, -0.15) is 13.2 Å². The number of Topliss-reactive ketones (excluding diaryl/α,β-unsaturated/α-hetero) is 1. The van der Waals surface area contributed by atoms with E-state index in [-0.39, 0.29) is 59.2 Å². The molecule has 1 heterocycles. The molecule has 2 aromatic carbocycles. The highest BCUT2D eigenvalue weighted by Gasteiger charge is 2.33. The van der Waals surface area contributed by atoms with Crippen molar-refractivity contribution in [3.05, 3.63) is 87.2 Å². The lowest BCUT2D eigenvalue weighted by Crippen LogP contribution is -2.30. The van der Waals surface area contributed by atoms with Gasteiger partial charge in [0.25, 0.3) is 11.8 Å². The number of methoxy groups -OCH3 is 1. The van der Waals surface area contributed by atoms with Crippen LogP contribution in [-0.2, 0) is 22.3 Å². The summed E-state index contributed by atoms with van der Waals surface area (Å²) < 4.78 is 74.1. The van der Waals surface area contributed by atoms with E-state index in [0.29, 0.717) is 12.1 Å². The fraction of sp³-hybridized carbons (Fsp3) is 0.296. The van der Waals surface area contributed by atoms with Crippen LogP contribution >= 0.6 is 11.6 Å². The van der Waals surface area contributed by atoms with Gasteiger partial charge in [0.05, 0.1) is 24.4 Å². The van der Waals surface area contributed by atoms with Crippen LogP contribution in [0, 0.1) is 11.6 Å². The number of ether oxygens (including phenoxy) is 1. The van der Waals surface area contributed by atoms with Crippen LogP contribution in [0.25, 0.3) is 0 Å². The summed E-state index contributed by atoms with van der Waals surface area (Å²) in [5.74, 6) is -4.89. The van der Waals surface area contributed by atoms with Crippen molar-refractivity contribution in [3.8, 4) is 0 Å². The molecule has 3 aromatic rings. The van der Waals surface area contributed by atoms with Crippen LogP contribution in [0.4, 0.5) is 27.6 Å². The summed E-state index contributed by atoms with van der Waals surface area (Å²) in [4.78, 5) is 38.3. The predicted molar refractivity (Wildman–Crippen MR) is 138 cm³/mol. The standard InChI is InChI=1S/C27H25ClF5N3O4/c1-14(37)13-36-23(26(39)34-6-7-40-3)12-22(24(36)15(2)20-11-18(29)4-5-21(20)28)35-25(38)16-8-17(27(31,32)33)10-19(30)9-16/h4-5,8-12,15H,6-7,13H2,1-3H3,(H,34,39)(H,35,38)/t15-/m1/s1. The first-order chi connectivity index (χ1) is 18.7. The van der Waals surface area contributed by atoms with Gasteiger partial charge in [0.1, 0.15) is 23.1 Å². The number of rotatable bonds is 10. The van der Waals surface area contributed by atoms with Crippen molar-refractivity contribution in [2.45, 2.75) is 32.5 Å². The van der Waals surface area contributed by atoms with Crippen molar-refractivity contribution < 1.29 is 41.1 Å². The minimum Gasteiger partial charge on any atom is -0.383 e. The van der Waals surface area contributed by atoms with E-state index >= 15 is 0 Å². The van der Waals surface area contributed by atoms with E-state index in [1.165, 1.54) is 30.7 Å². The Kier molecular flexibility index (Phi) is 9.69. The minimum absolute atomic E-state index is 0.0752. The number of ketones is 1. The Morgan fingerprint density at radius 2 is 1.73 bits per heavy atom. The number of carbonyl (C=O) groups is 3. The van der Waals surface area contributed by atoms with Crippen LogP contribution < -0.4 is 10.6 Å². The van der Waals surface area contributed by atoms with Gasteiger partial charge < -0.3 is 19.9 Å². The molecule has 13 heteroatoms. The first-order valence-electron chi connectivity index (χ1n) is 11.9. The van der Waals surface area contributed by atoms with Gasteiger partial charge in [0.2, 0.25) is 0 Å². The number of nitrogens with zero attached hydrogens (tertiary/aromatic N) is 1. The zero-order valence-electron chi connectivity index (χ0n) is 21.6. The second-order valence-electron chi connectivity index (χ2n) is 8.93. The SMILES string of the molecule is COCCNC(=O)c1cc(NC(=O)c2cc(F)cc(C(F)(F)F)c2)c([C@H](C)c2cc(F)ccc2Cl)n1CC(C)=O. The van der Waals surface area contributed by atoms with Crippen molar-refractivity contribution in [1.29, 1.82) is 0 Å². The Morgan fingerprint density at radius 3 is 2.35 bits per heavy atom. The molecule has 0 bridgehead atoms. The summed E-state index contributed by atoms with van der Waals surface area (Å²) >= 11 is 6.31. The van der Waals surface area contributed by atoms with Crippen molar-refractivity contribution in [3.63, 3.8) is 0 Å². The molecule has 0 aliphatic carbocycles. The molecule has 0 saturated heterocycles. The third kappa shape index (κ3) is 7.24. The first kappa shape index (κ1) is 30.8. The van der Waals surface area contributed by atoms with Gasteiger partial charge in [0.15, 0.2) is 0 Å². The highest BCUT2D eigenvalue weighted by molar-refractivity contribution is 6.31. The van der Waals surface area contributed by atoms with Gasteiger partial charge >= 0.3 is 6.18 Å². The quantitative estimate of drug-likeness (QED) is 0.232. The fourth-order valence-electron chi connectivity index (χ4n) is 4.14. The Balaban J connectivity index is 2.18. The zero-order valence-corrected chi connectivity index (χ0v) is 22.3. The second kappa shape index (κ2) is 12.6. The largest absolute Gasteiger partial charge is 0.416 e. The second-order valence-corrected chi connectivity index (χ2v) is 9.34. The number of alkyl halides is 3. The average molecular weight is 586 g/mol. The molecular formula is C27H25ClF5N3O4. The highest BCUT2D eigenvalue weighted by atomic mass is 35.5. The van der Waals surface area contributed by atoms with Crippen LogP contribution in [-0.4, -0.2) is 42.4 Å². The normalized spacial score (nSPS) is 12.2. The molecule has 0 unspecified atom stereocenters. The van der Waals surface area contributed by atoms with E-state index in [2.05, 4.69) is 10.6 Å². The minimum atomic E-state index is -4.91. The van der Waals surface area contributed by atoms with Gasteiger partial charge in [-0.1, -0.05) is 18.5 Å². The van der Waals surface area contributed by atoms with Crippen LogP contribution in [0.1, 0.15) is 57.4 Å². The molecule has 0 fully saturated rings. The molecule has 2 amide bonds. The van der Waals surface area contributed by atoms with Crippen LogP contribution in [0.15, 0.2) is 42.5 Å². The lowest BCUT2D eigenvalue weighted by Gasteiger charge is -2.20. The number of anilines is 1. The smallest absolute Gasteiger partial charge is 0.383 e. The van der Waals surface area contributed by atoms with Crippen molar-refractivity contribution >= 4 is 34.9 Å². The van der Waals surface area contributed by atoms with E-state index in [0.717, 1.165) is 12.1 Å². The van der Waals surface area contributed by atoms with Crippen molar-refractivity contribution in [2.24, 2.45) is 0 Å². The number of halogens is 6. The molecule has 3 rings (SSSR count). The van der Waals surface area contributed by atoms with E-state index in [1.807, 2.05) is 0 Å². The molecule has 2 N–H and O–H groups in total. The van der Waals surface area contributed by atoms with Gasteiger partial charge in [-0.25, -0.2) is 8.78 Å². The number of hydrogen-bond donors (Lipinski definition) is 2. The molecule has 214 valence electrons. The molecule has 1 aromatic heterocycles. The lowest BCUT2D eigenvalue weighted by atomic mass is 9.96. The average Bonchev–Trinajstić information content (AvgIpc) is 3.21. The number of amides is 2. The van der Waals surface area contributed by atoms with Crippen molar-refractivity contribution in [1.82, 2.24) is 9.88 Å². The molecule has 1 atom stereocenters. The summed E-state index contributed by atoms with van der Waals surface area (Å²) in [5, 5.41) is 5.17. The molecule has 0 aliphatic rings. The number of benzene rings is 2. The van der Waals surface area contributed by atoms with Crippen LogP contribution in [0.3, 0.4) is 0 Å². The van der Waals surface area contributed by atoms with Gasteiger partial charge in [-0.15, -0.1) is 0 Å². The van der Waals surface area contributed by atoms with Gasteiger partial charge in [0, 0.05) is 35.9 Å². The molecule has 0 radical (unpaired) electrons. The van der Waals surface area contributed by atoms with E-state index in [1.54, 1.807) is 6.92 Å². The topological polar surface area (TPSA) is 89.4 Å².